The van der Waals surface area contributed by atoms with Crippen LogP contribution >= 0.6 is 23.1 Å². The number of likely N-dealkylation sites (N-methyl/N-ethyl adjacent to an activating group) is 1. The number of piperazine rings is 1. The average molecular weight is 813 g/mol. The number of halogens is 3. The van der Waals surface area contributed by atoms with E-state index in [1.807, 2.05) is 11.9 Å². The van der Waals surface area contributed by atoms with Gasteiger partial charge in [0.05, 0.1) is 10.9 Å². The standard InChI is InChI=1S/C35H31F3N8O8S2/c1-43-7-9-44(10-8-43)28-21(37)11-19-27(23(28)38)45(18-5-3-17(36)4-6-18)12-20(29(19)47)34(52)54-13-16-14-55-32-25(31(49)46(32)26(16)33(50)51)41-30(48)24(42-53-2)22-15-56-35(39)40-22/h3-6,11-12,15,25,32H,7-10,13-14H2,1-2H3,(H2,39,40)(H,41,48)(H,50,51)/b42-24-/t25-,32-/m1/s1. The molecular formula is C35H31F3N8O8S2. The van der Waals surface area contributed by atoms with Crippen LogP contribution in [0.4, 0.5) is 24.0 Å². The first kappa shape index (κ1) is 38.3. The average Bonchev–Trinajstić information content (AvgIpc) is 3.61. The maximum atomic E-state index is 16.4. The second-order valence-electron chi connectivity index (χ2n) is 12.8. The minimum Gasteiger partial charge on any atom is -0.477 e. The van der Waals surface area contributed by atoms with Gasteiger partial charge in [0.2, 0.25) is 5.43 Å². The molecule has 0 aliphatic carbocycles. The molecule has 2 fully saturated rings. The first-order valence-corrected chi connectivity index (χ1v) is 18.7. The highest BCUT2D eigenvalue weighted by atomic mass is 32.2. The fourth-order valence-electron chi connectivity index (χ4n) is 6.60. The van der Waals surface area contributed by atoms with Gasteiger partial charge in [-0.25, -0.2) is 27.7 Å². The molecule has 7 rings (SSSR count). The van der Waals surface area contributed by atoms with Crippen LogP contribution < -0.4 is 21.4 Å². The zero-order valence-corrected chi connectivity index (χ0v) is 31.1. The first-order chi connectivity index (χ1) is 26.8. The normalized spacial score (nSPS) is 18.8. The Balaban J connectivity index is 1.16. The molecule has 5 heterocycles. The van der Waals surface area contributed by atoms with E-state index in [9.17, 15) is 33.5 Å². The monoisotopic (exact) mass is 812 g/mol. The van der Waals surface area contributed by atoms with Crippen molar-refractivity contribution in [1.82, 2.24) is 24.7 Å². The summed E-state index contributed by atoms with van der Waals surface area (Å²) in [7, 11) is 3.08. The lowest BCUT2D eigenvalue weighted by molar-refractivity contribution is -0.150. The van der Waals surface area contributed by atoms with Crippen molar-refractivity contribution < 1.29 is 47.0 Å². The molecule has 2 saturated heterocycles. The molecular weight excluding hydrogens is 782 g/mol. The number of aromatic nitrogens is 2. The van der Waals surface area contributed by atoms with Crippen LogP contribution in [0, 0.1) is 17.5 Å². The number of carboxylic acid groups (broad SMARTS) is 1. The SMILES string of the molecule is CO/N=C(\C(=O)N[C@@H]1C(=O)N2C(C(=O)O)=C(COC(=O)c3cn(-c4ccc(F)cc4)c4c(F)c(N5CCN(C)CC5)c(F)cc4c3=O)CS[C@H]12)c1csc(N)n1. The highest BCUT2D eigenvalue weighted by Crippen LogP contribution is 2.40. The molecule has 3 aliphatic rings. The molecule has 2 amide bonds. The predicted molar refractivity (Wildman–Crippen MR) is 199 cm³/mol. The molecule has 3 aliphatic heterocycles. The maximum Gasteiger partial charge on any atom is 0.352 e. The molecule has 4 aromatic rings. The Hall–Kier alpha value is -5.93. The summed E-state index contributed by atoms with van der Waals surface area (Å²) in [6.07, 6.45) is 1.00. The Bertz CT molecular complexity index is 2410. The molecule has 0 bridgehead atoms. The lowest BCUT2D eigenvalue weighted by atomic mass is 10.0. The number of carbonyl (C=O) groups is 4. The van der Waals surface area contributed by atoms with E-state index in [0.717, 1.165) is 57.0 Å². The summed E-state index contributed by atoms with van der Waals surface area (Å²) in [5.41, 5.74) is 2.73. The summed E-state index contributed by atoms with van der Waals surface area (Å²) in [5, 5.41) is 16.6. The van der Waals surface area contributed by atoms with E-state index in [0.29, 0.717) is 26.2 Å². The van der Waals surface area contributed by atoms with Gasteiger partial charge in [-0.2, -0.15) is 0 Å². The van der Waals surface area contributed by atoms with Crippen molar-refractivity contribution in [2.75, 3.05) is 63.3 Å². The number of rotatable bonds is 10. The van der Waals surface area contributed by atoms with E-state index in [2.05, 4.69) is 15.5 Å². The van der Waals surface area contributed by atoms with Crippen molar-refractivity contribution in [3.8, 4) is 5.69 Å². The number of nitrogens with two attached hydrogens (primary N) is 1. The number of carbonyl (C=O) groups excluding carboxylic acids is 3. The molecule has 0 saturated carbocycles. The van der Waals surface area contributed by atoms with Crippen molar-refractivity contribution in [3.63, 3.8) is 0 Å². The van der Waals surface area contributed by atoms with Crippen LogP contribution in [0.2, 0.25) is 0 Å². The molecule has 292 valence electrons. The largest absolute Gasteiger partial charge is 0.477 e. The summed E-state index contributed by atoms with van der Waals surface area (Å²) in [6.45, 7) is 0.990. The summed E-state index contributed by atoms with van der Waals surface area (Å²) >= 11 is 2.13. The van der Waals surface area contributed by atoms with Crippen molar-refractivity contribution in [2.45, 2.75) is 11.4 Å². The van der Waals surface area contributed by atoms with Crippen LogP contribution in [0.25, 0.3) is 16.6 Å². The van der Waals surface area contributed by atoms with Crippen LogP contribution in [-0.4, -0.2) is 118 Å². The van der Waals surface area contributed by atoms with Gasteiger partial charge < -0.3 is 40.1 Å². The second kappa shape index (κ2) is 15.3. The highest BCUT2D eigenvalue weighted by molar-refractivity contribution is 8.00. The summed E-state index contributed by atoms with van der Waals surface area (Å²) in [6, 6.07) is 4.42. The van der Waals surface area contributed by atoms with E-state index >= 15 is 8.78 Å². The van der Waals surface area contributed by atoms with Gasteiger partial charge in [-0.15, -0.1) is 23.1 Å². The number of nitrogens with one attached hydrogen (secondary N) is 1. The van der Waals surface area contributed by atoms with Crippen LogP contribution in [0.15, 0.2) is 63.1 Å². The molecule has 0 unspecified atom stereocenters. The number of thiazole rings is 1. The Labute approximate surface area is 322 Å². The van der Waals surface area contributed by atoms with Gasteiger partial charge in [0.1, 0.15) is 59.4 Å². The molecule has 2 atom stereocenters. The molecule has 16 nitrogen and oxygen atoms in total. The number of benzene rings is 2. The third-order valence-electron chi connectivity index (χ3n) is 9.38. The van der Waals surface area contributed by atoms with Crippen LogP contribution in [0.3, 0.4) is 0 Å². The van der Waals surface area contributed by atoms with Gasteiger partial charge in [-0.1, -0.05) is 5.16 Å². The zero-order chi connectivity index (χ0) is 40.0. The van der Waals surface area contributed by atoms with Crippen molar-refractivity contribution in [1.29, 1.82) is 0 Å². The van der Waals surface area contributed by atoms with Crippen molar-refractivity contribution >= 4 is 74.3 Å². The Morgan fingerprint density at radius 1 is 1.11 bits per heavy atom. The first-order valence-electron chi connectivity index (χ1n) is 16.8. The smallest absolute Gasteiger partial charge is 0.352 e. The highest BCUT2D eigenvalue weighted by Gasteiger charge is 2.54. The number of oxime groups is 1. The number of nitrogens with zero attached hydrogens (tertiary/aromatic N) is 6. The predicted octanol–water partition coefficient (Wildman–Crippen LogP) is 2.14. The van der Waals surface area contributed by atoms with Gasteiger partial charge in [0.25, 0.3) is 11.8 Å². The number of hydrogen-bond acceptors (Lipinski definition) is 14. The van der Waals surface area contributed by atoms with E-state index in [1.165, 1.54) is 29.5 Å². The molecule has 2 aromatic heterocycles. The van der Waals surface area contributed by atoms with Gasteiger partial charge >= 0.3 is 11.9 Å². The molecule has 56 heavy (non-hydrogen) atoms. The topological polar surface area (TPSA) is 202 Å². The van der Waals surface area contributed by atoms with Crippen molar-refractivity contribution in [3.05, 3.63) is 92.1 Å². The molecule has 0 radical (unpaired) electrons. The molecule has 4 N–H and O–H groups in total. The van der Waals surface area contributed by atoms with E-state index < -0.39 is 81.3 Å². The van der Waals surface area contributed by atoms with Crippen LogP contribution in [-0.2, 0) is 24.0 Å². The maximum absolute atomic E-state index is 16.4. The van der Waals surface area contributed by atoms with Gasteiger partial charge in [0, 0.05) is 54.8 Å². The Morgan fingerprint density at radius 2 is 1.82 bits per heavy atom. The van der Waals surface area contributed by atoms with Gasteiger partial charge in [0.15, 0.2) is 16.7 Å². The van der Waals surface area contributed by atoms with E-state index in [1.54, 1.807) is 0 Å². The fraction of sp³-hybridized carbons (Fsp3) is 0.286. The summed E-state index contributed by atoms with van der Waals surface area (Å²) in [4.78, 5) is 79.4. The third-order valence-corrected chi connectivity index (χ3v) is 11.4. The fourth-order valence-corrected chi connectivity index (χ4v) is 8.48. The quantitative estimate of drug-likeness (QED) is 0.0912. The molecule has 21 heteroatoms. The van der Waals surface area contributed by atoms with Gasteiger partial charge in [-0.3, -0.25) is 19.3 Å². The van der Waals surface area contributed by atoms with E-state index in [-0.39, 0.29) is 44.8 Å². The number of β-lactam (4-membered cyclic amide) rings is 1. The molecule has 2 aromatic carbocycles. The third kappa shape index (κ3) is 6.92. The number of fused-ring (bicyclic) bond motifs is 2. The Morgan fingerprint density at radius 3 is 2.46 bits per heavy atom. The number of anilines is 2. The number of aliphatic carboxylic acids is 1. The van der Waals surface area contributed by atoms with E-state index in [4.69, 9.17) is 15.3 Å². The van der Waals surface area contributed by atoms with Gasteiger partial charge in [-0.05, 0) is 37.4 Å². The number of thioether (sulfide) groups is 1. The number of carboxylic acids is 1. The zero-order valence-electron chi connectivity index (χ0n) is 29.5. The second-order valence-corrected chi connectivity index (χ2v) is 14.8. The number of nitrogen functional groups attached to an aromatic ring is 1. The van der Waals surface area contributed by atoms with Crippen LogP contribution in [0.1, 0.15) is 16.1 Å². The molecule has 0 spiro atoms. The number of ether oxygens (including phenoxy) is 1. The lowest BCUT2D eigenvalue weighted by Gasteiger charge is -2.49. The Kier molecular flexibility index (Phi) is 10.5. The number of esters is 1. The summed E-state index contributed by atoms with van der Waals surface area (Å²) < 4.78 is 52.6. The minimum absolute atomic E-state index is 0.00151. The number of pyridine rings is 1. The number of hydrogen-bond donors (Lipinski definition) is 3. The lowest BCUT2D eigenvalue weighted by Crippen LogP contribution is -2.71. The van der Waals surface area contributed by atoms with Crippen LogP contribution in [0.5, 0.6) is 0 Å². The number of amides is 2. The minimum atomic E-state index is -1.52. The summed E-state index contributed by atoms with van der Waals surface area (Å²) in [5.74, 6) is -7.14. The van der Waals surface area contributed by atoms with Crippen molar-refractivity contribution in [2.24, 2.45) is 5.16 Å².